The second-order valence-electron chi connectivity index (χ2n) is 3.14. The number of nitrogens with zero attached hydrogens (tertiary/aromatic N) is 2. The van der Waals surface area contributed by atoms with Crippen molar-refractivity contribution in [1.29, 1.82) is 0 Å². The van der Waals surface area contributed by atoms with E-state index in [2.05, 4.69) is 15.5 Å². The van der Waals surface area contributed by atoms with Crippen LogP contribution in [0, 0.1) is 6.92 Å². The molecule has 0 aliphatic heterocycles. The summed E-state index contributed by atoms with van der Waals surface area (Å²) in [5.41, 5.74) is 0.217. The van der Waals surface area contributed by atoms with Gasteiger partial charge in [0.1, 0.15) is 11.6 Å². The fourth-order valence-electron chi connectivity index (χ4n) is 1.10. The second-order valence-corrected chi connectivity index (χ2v) is 3.58. The molecule has 0 bridgehead atoms. The number of carbonyl (C=O) groups excluding carboxylic acids is 1. The molecule has 0 spiro atoms. The highest BCUT2D eigenvalue weighted by atomic mass is 35.5. The van der Waals surface area contributed by atoms with E-state index in [1.165, 1.54) is 6.20 Å². The van der Waals surface area contributed by atoms with Gasteiger partial charge in [-0.05, 0) is 19.1 Å². The van der Waals surface area contributed by atoms with Gasteiger partial charge in [0, 0.05) is 12.3 Å². The maximum Gasteiger partial charge on any atom is 0.279 e. The molecule has 0 aromatic carbocycles. The van der Waals surface area contributed by atoms with Crippen molar-refractivity contribution in [3.05, 3.63) is 40.9 Å². The van der Waals surface area contributed by atoms with E-state index in [-0.39, 0.29) is 11.6 Å². The lowest BCUT2D eigenvalue weighted by molar-refractivity contribution is 0.101. The molecule has 0 unspecified atom stereocenters. The van der Waals surface area contributed by atoms with E-state index in [9.17, 15) is 4.79 Å². The van der Waals surface area contributed by atoms with Crippen LogP contribution in [-0.4, -0.2) is 16.0 Å². The van der Waals surface area contributed by atoms with E-state index >= 15 is 0 Å². The Morgan fingerprint density at radius 3 is 2.88 bits per heavy atom. The molecule has 5 nitrogen and oxygen atoms in total. The number of pyridine rings is 1. The summed E-state index contributed by atoms with van der Waals surface area (Å²) in [5, 5.41) is 6.67. The lowest BCUT2D eigenvalue weighted by Gasteiger charge is -2.00. The van der Waals surface area contributed by atoms with Gasteiger partial charge in [-0.3, -0.25) is 4.79 Å². The van der Waals surface area contributed by atoms with Gasteiger partial charge in [0.15, 0.2) is 5.69 Å². The first-order chi connectivity index (χ1) is 7.65. The van der Waals surface area contributed by atoms with Crippen LogP contribution < -0.4 is 5.32 Å². The number of carbonyl (C=O) groups is 1. The van der Waals surface area contributed by atoms with Crippen molar-refractivity contribution >= 4 is 23.3 Å². The third-order valence-electron chi connectivity index (χ3n) is 1.83. The summed E-state index contributed by atoms with van der Waals surface area (Å²) in [6.07, 6.45) is 1.45. The highest BCUT2D eigenvalue weighted by Gasteiger charge is 2.11. The standard InChI is InChI=1S/C10H8ClN3O2/c1-6-4-8(14-16-6)10(15)13-9-3-2-7(11)5-12-9/h2-5H,1H3,(H,12,13,15). The summed E-state index contributed by atoms with van der Waals surface area (Å²) in [6.45, 7) is 1.71. The van der Waals surface area contributed by atoms with E-state index in [0.717, 1.165) is 0 Å². The minimum absolute atomic E-state index is 0.217. The van der Waals surface area contributed by atoms with Crippen LogP contribution in [0.25, 0.3) is 0 Å². The molecule has 2 aromatic rings. The van der Waals surface area contributed by atoms with Crippen LogP contribution in [0.15, 0.2) is 28.9 Å². The Balaban J connectivity index is 2.10. The second kappa shape index (κ2) is 4.32. The van der Waals surface area contributed by atoms with E-state index in [1.807, 2.05) is 0 Å². The van der Waals surface area contributed by atoms with E-state index < -0.39 is 0 Å². The number of aromatic nitrogens is 2. The summed E-state index contributed by atoms with van der Waals surface area (Å²) in [4.78, 5) is 15.5. The molecule has 1 amide bonds. The van der Waals surface area contributed by atoms with Crippen LogP contribution in [0.1, 0.15) is 16.2 Å². The van der Waals surface area contributed by atoms with Crippen LogP contribution in [-0.2, 0) is 0 Å². The van der Waals surface area contributed by atoms with Crippen molar-refractivity contribution in [3.8, 4) is 0 Å². The van der Waals surface area contributed by atoms with Crippen LogP contribution in [0.5, 0.6) is 0 Å². The first-order valence-electron chi connectivity index (χ1n) is 4.51. The van der Waals surface area contributed by atoms with Crippen molar-refractivity contribution in [2.45, 2.75) is 6.92 Å². The van der Waals surface area contributed by atoms with Gasteiger partial charge < -0.3 is 9.84 Å². The Morgan fingerprint density at radius 1 is 1.50 bits per heavy atom. The minimum atomic E-state index is -0.369. The molecule has 2 aromatic heterocycles. The Bertz CT molecular complexity index is 507. The summed E-state index contributed by atoms with van der Waals surface area (Å²) in [6, 6.07) is 4.79. The molecular formula is C10H8ClN3O2. The third-order valence-corrected chi connectivity index (χ3v) is 2.05. The first kappa shape index (κ1) is 10.6. The molecule has 0 atom stereocenters. The summed E-state index contributed by atoms with van der Waals surface area (Å²) in [7, 11) is 0. The molecule has 82 valence electrons. The topological polar surface area (TPSA) is 68.0 Å². The molecule has 0 fully saturated rings. The number of rotatable bonds is 2. The third kappa shape index (κ3) is 2.38. The Labute approximate surface area is 96.4 Å². The summed E-state index contributed by atoms with van der Waals surface area (Å²) >= 11 is 5.67. The number of aryl methyl sites for hydroxylation is 1. The van der Waals surface area contributed by atoms with Crippen LogP contribution in [0.2, 0.25) is 5.02 Å². The molecule has 1 N–H and O–H groups in total. The molecular weight excluding hydrogens is 230 g/mol. The SMILES string of the molecule is Cc1cc(C(=O)Nc2ccc(Cl)cn2)no1. The number of nitrogens with one attached hydrogen (secondary N) is 1. The van der Waals surface area contributed by atoms with Crippen molar-refractivity contribution in [1.82, 2.24) is 10.1 Å². The predicted molar refractivity (Wildman–Crippen MR) is 58.4 cm³/mol. The van der Waals surface area contributed by atoms with Gasteiger partial charge in [0.25, 0.3) is 5.91 Å². The van der Waals surface area contributed by atoms with Gasteiger partial charge in [0.05, 0.1) is 5.02 Å². The normalized spacial score (nSPS) is 10.1. The zero-order valence-electron chi connectivity index (χ0n) is 8.40. The molecule has 0 saturated carbocycles. The highest BCUT2D eigenvalue weighted by molar-refractivity contribution is 6.30. The van der Waals surface area contributed by atoms with E-state index in [1.54, 1.807) is 25.1 Å². The number of hydrogen-bond acceptors (Lipinski definition) is 4. The van der Waals surface area contributed by atoms with Crippen molar-refractivity contribution in [2.75, 3.05) is 5.32 Å². The quantitative estimate of drug-likeness (QED) is 0.870. The van der Waals surface area contributed by atoms with Crippen LogP contribution >= 0.6 is 11.6 Å². The fourth-order valence-corrected chi connectivity index (χ4v) is 1.22. The van der Waals surface area contributed by atoms with Gasteiger partial charge in [-0.2, -0.15) is 0 Å². The number of anilines is 1. The zero-order chi connectivity index (χ0) is 11.5. The maximum absolute atomic E-state index is 11.6. The number of halogens is 1. The van der Waals surface area contributed by atoms with Gasteiger partial charge in [0.2, 0.25) is 0 Å². The Kier molecular flexibility index (Phi) is 2.87. The molecule has 2 heterocycles. The molecule has 16 heavy (non-hydrogen) atoms. The zero-order valence-corrected chi connectivity index (χ0v) is 9.15. The van der Waals surface area contributed by atoms with E-state index in [0.29, 0.717) is 16.6 Å². The van der Waals surface area contributed by atoms with Gasteiger partial charge >= 0.3 is 0 Å². The average Bonchev–Trinajstić information content (AvgIpc) is 2.68. The lowest BCUT2D eigenvalue weighted by atomic mass is 10.3. The largest absolute Gasteiger partial charge is 0.361 e. The average molecular weight is 238 g/mol. The monoisotopic (exact) mass is 237 g/mol. The molecule has 0 saturated heterocycles. The van der Waals surface area contributed by atoms with Crippen LogP contribution in [0.3, 0.4) is 0 Å². The molecule has 0 aliphatic carbocycles. The Morgan fingerprint density at radius 2 is 2.31 bits per heavy atom. The summed E-state index contributed by atoms with van der Waals surface area (Å²) in [5.74, 6) is 0.621. The Hall–Kier alpha value is -1.88. The highest BCUT2D eigenvalue weighted by Crippen LogP contribution is 2.11. The smallest absolute Gasteiger partial charge is 0.279 e. The summed E-state index contributed by atoms with van der Waals surface area (Å²) < 4.78 is 4.79. The van der Waals surface area contributed by atoms with Crippen molar-refractivity contribution < 1.29 is 9.32 Å². The minimum Gasteiger partial charge on any atom is -0.361 e. The first-order valence-corrected chi connectivity index (χ1v) is 4.89. The fraction of sp³-hybridized carbons (Fsp3) is 0.100. The maximum atomic E-state index is 11.6. The number of amides is 1. The lowest BCUT2D eigenvalue weighted by Crippen LogP contribution is -2.13. The number of hydrogen-bond donors (Lipinski definition) is 1. The van der Waals surface area contributed by atoms with Gasteiger partial charge in [-0.15, -0.1) is 0 Å². The molecule has 6 heteroatoms. The predicted octanol–water partition coefficient (Wildman–Crippen LogP) is 2.28. The molecule has 0 aliphatic rings. The van der Waals surface area contributed by atoms with Crippen LogP contribution in [0.4, 0.5) is 5.82 Å². The van der Waals surface area contributed by atoms with Gasteiger partial charge in [-0.1, -0.05) is 16.8 Å². The molecule has 0 radical (unpaired) electrons. The van der Waals surface area contributed by atoms with Crippen molar-refractivity contribution in [2.24, 2.45) is 0 Å². The van der Waals surface area contributed by atoms with Crippen molar-refractivity contribution in [3.63, 3.8) is 0 Å². The molecule has 2 rings (SSSR count). The van der Waals surface area contributed by atoms with Gasteiger partial charge in [-0.25, -0.2) is 4.98 Å². The van der Waals surface area contributed by atoms with E-state index in [4.69, 9.17) is 16.1 Å².